The zero-order valence-corrected chi connectivity index (χ0v) is 15.0. The van der Waals surface area contributed by atoms with Crippen LogP contribution in [-0.4, -0.2) is 15.3 Å². The van der Waals surface area contributed by atoms with Crippen molar-refractivity contribution >= 4 is 28.6 Å². The number of aryl methyl sites for hydroxylation is 1. The standard InChI is InChI=1S/C22H20N4O/c1-16-6-5-13-26-15-20(25-22(16)26)14-21(27)24-19-11-9-18(10-12-19)23-17-7-3-2-4-8-17/h2-13,15,23H,14H2,1H3,(H,24,27). The van der Waals surface area contributed by atoms with Crippen LogP contribution < -0.4 is 10.6 Å². The second kappa shape index (κ2) is 7.33. The quantitative estimate of drug-likeness (QED) is 0.551. The molecule has 5 nitrogen and oxygen atoms in total. The van der Waals surface area contributed by atoms with Gasteiger partial charge in [0.05, 0.1) is 12.1 Å². The number of pyridine rings is 1. The van der Waals surface area contributed by atoms with Crippen LogP contribution in [0.3, 0.4) is 0 Å². The van der Waals surface area contributed by atoms with E-state index in [4.69, 9.17) is 0 Å². The number of hydrogen-bond acceptors (Lipinski definition) is 3. The Hall–Kier alpha value is -3.60. The van der Waals surface area contributed by atoms with Crippen LogP contribution in [0.15, 0.2) is 79.1 Å². The van der Waals surface area contributed by atoms with Crippen molar-refractivity contribution in [2.45, 2.75) is 13.3 Å². The normalized spacial score (nSPS) is 10.7. The molecule has 0 bridgehead atoms. The molecule has 27 heavy (non-hydrogen) atoms. The van der Waals surface area contributed by atoms with Gasteiger partial charge < -0.3 is 15.0 Å². The summed E-state index contributed by atoms with van der Waals surface area (Å²) in [5.41, 5.74) is 5.48. The fraction of sp³-hybridized carbons (Fsp3) is 0.0909. The molecule has 1 amide bonds. The van der Waals surface area contributed by atoms with Gasteiger partial charge in [0.2, 0.25) is 5.91 Å². The number of carbonyl (C=O) groups excluding carboxylic acids is 1. The summed E-state index contributed by atoms with van der Waals surface area (Å²) < 4.78 is 1.95. The zero-order valence-electron chi connectivity index (χ0n) is 15.0. The Kier molecular flexibility index (Phi) is 4.58. The molecule has 2 N–H and O–H groups in total. The second-order valence-electron chi connectivity index (χ2n) is 6.45. The largest absolute Gasteiger partial charge is 0.356 e. The predicted molar refractivity (Wildman–Crippen MR) is 108 cm³/mol. The molecule has 0 aliphatic carbocycles. The number of amides is 1. The smallest absolute Gasteiger partial charge is 0.230 e. The molecular formula is C22H20N4O. The van der Waals surface area contributed by atoms with Crippen LogP contribution in [0, 0.1) is 6.92 Å². The summed E-state index contributed by atoms with van der Waals surface area (Å²) in [5, 5.41) is 6.24. The van der Waals surface area contributed by atoms with Crippen LogP contribution in [-0.2, 0) is 11.2 Å². The molecule has 0 saturated heterocycles. The van der Waals surface area contributed by atoms with Gasteiger partial charge in [0.1, 0.15) is 5.65 Å². The van der Waals surface area contributed by atoms with E-state index in [-0.39, 0.29) is 12.3 Å². The molecule has 4 rings (SSSR count). The van der Waals surface area contributed by atoms with E-state index in [1.165, 1.54) is 0 Å². The zero-order chi connectivity index (χ0) is 18.6. The average Bonchev–Trinajstić information content (AvgIpc) is 3.08. The van der Waals surface area contributed by atoms with E-state index in [9.17, 15) is 4.79 Å². The summed E-state index contributed by atoms with van der Waals surface area (Å²) in [6.45, 7) is 2.01. The molecule has 2 aromatic heterocycles. The van der Waals surface area contributed by atoms with E-state index in [0.29, 0.717) is 0 Å². The summed E-state index contributed by atoms with van der Waals surface area (Å²) in [5.74, 6) is -0.0835. The Balaban J connectivity index is 1.39. The number of fused-ring (bicyclic) bond motifs is 1. The van der Waals surface area contributed by atoms with Gasteiger partial charge in [0, 0.05) is 29.5 Å². The maximum absolute atomic E-state index is 12.3. The number of anilines is 3. The first-order valence-electron chi connectivity index (χ1n) is 8.82. The van der Waals surface area contributed by atoms with Crippen LogP contribution in [0.5, 0.6) is 0 Å². The van der Waals surface area contributed by atoms with E-state index in [0.717, 1.165) is 34.0 Å². The monoisotopic (exact) mass is 356 g/mol. The highest BCUT2D eigenvalue weighted by atomic mass is 16.1. The highest BCUT2D eigenvalue weighted by Gasteiger charge is 2.09. The Morgan fingerprint density at radius 1 is 0.926 bits per heavy atom. The highest BCUT2D eigenvalue weighted by Crippen LogP contribution is 2.19. The van der Waals surface area contributed by atoms with Crippen molar-refractivity contribution in [3.8, 4) is 0 Å². The van der Waals surface area contributed by atoms with E-state index in [1.807, 2.05) is 90.4 Å². The van der Waals surface area contributed by atoms with Gasteiger partial charge in [0.15, 0.2) is 0 Å². The first-order valence-corrected chi connectivity index (χ1v) is 8.82. The van der Waals surface area contributed by atoms with Crippen molar-refractivity contribution in [3.63, 3.8) is 0 Å². The van der Waals surface area contributed by atoms with Gasteiger partial charge in [-0.1, -0.05) is 24.3 Å². The Bertz CT molecular complexity index is 1070. The molecule has 2 aromatic carbocycles. The Morgan fingerprint density at radius 2 is 1.63 bits per heavy atom. The van der Waals surface area contributed by atoms with Crippen LogP contribution in [0.1, 0.15) is 11.3 Å². The first-order chi connectivity index (χ1) is 13.2. The molecule has 0 aliphatic rings. The minimum atomic E-state index is -0.0835. The minimum absolute atomic E-state index is 0.0835. The number of para-hydroxylation sites is 1. The van der Waals surface area contributed by atoms with Crippen molar-refractivity contribution in [1.82, 2.24) is 9.38 Å². The van der Waals surface area contributed by atoms with Crippen LogP contribution in [0.2, 0.25) is 0 Å². The molecule has 4 aromatic rings. The molecule has 0 spiro atoms. The first kappa shape index (κ1) is 16.8. The van der Waals surface area contributed by atoms with Gasteiger partial charge in [-0.25, -0.2) is 4.98 Å². The molecule has 0 fully saturated rings. The van der Waals surface area contributed by atoms with Gasteiger partial charge in [-0.2, -0.15) is 0 Å². The third kappa shape index (κ3) is 3.98. The van der Waals surface area contributed by atoms with E-state index in [1.54, 1.807) is 0 Å². The van der Waals surface area contributed by atoms with Gasteiger partial charge in [-0.15, -0.1) is 0 Å². The van der Waals surface area contributed by atoms with Crippen molar-refractivity contribution in [3.05, 3.63) is 90.4 Å². The fourth-order valence-corrected chi connectivity index (χ4v) is 2.98. The fourth-order valence-electron chi connectivity index (χ4n) is 2.98. The Labute approximate surface area is 157 Å². The number of nitrogens with one attached hydrogen (secondary N) is 2. The number of carbonyl (C=O) groups is 1. The summed E-state index contributed by atoms with van der Waals surface area (Å²) in [7, 11) is 0. The molecule has 0 atom stereocenters. The minimum Gasteiger partial charge on any atom is -0.356 e. The molecule has 0 radical (unpaired) electrons. The molecule has 0 saturated carbocycles. The Morgan fingerprint density at radius 3 is 2.37 bits per heavy atom. The third-order valence-corrected chi connectivity index (χ3v) is 4.30. The third-order valence-electron chi connectivity index (χ3n) is 4.30. The molecular weight excluding hydrogens is 336 g/mol. The second-order valence-corrected chi connectivity index (χ2v) is 6.45. The van der Waals surface area contributed by atoms with E-state index in [2.05, 4.69) is 15.6 Å². The highest BCUT2D eigenvalue weighted by molar-refractivity contribution is 5.92. The van der Waals surface area contributed by atoms with Gasteiger partial charge in [0.25, 0.3) is 0 Å². The number of rotatable bonds is 5. The number of hydrogen-bond donors (Lipinski definition) is 2. The van der Waals surface area contributed by atoms with Crippen LogP contribution in [0.4, 0.5) is 17.1 Å². The van der Waals surface area contributed by atoms with E-state index < -0.39 is 0 Å². The average molecular weight is 356 g/mol. The maximum Gasteiger partial charge on any atom is 0.230 e. The number of imidazole rings is 1. The van der Waals surface area contributed by atoms with Gasteiger partial charge in [-0.3, -0.25) is 4.79 Å². The summed E-state index contributed by atoms with van der Waals surface area (Å²) in [6, 6.07) is 21.6. The van der Waals surface area contributed by atoms with Crippen LogP contribution >= 0.6 is 0 Å². The number of aromatic nitrogens is 2. The van der Waals surface area contributed by atoms with Gasteiger partial charge in [-0.05, 0) is 55.0 Å². The summed E-state index contributed by atoms with van der Waals surface area (Å²) in [6.07, 6.45) is 4.08. The number of nitrogens with zero attached hydrogens (tertiary/aromatic N) is 2. The molecule has 2 heterocycles. The molecule has 0 unspecified atom stereocenters. The molecule has 5 heteroatoms. The van der Waals surface area contributed by atoms with Crippen LogP contribution in [0.25, 0.3) is 5.65 Å². The lowest BCUT2D eigenvalue weighted by Gasteiger charge is -2.08. The lowest BCUT2D eigenvalue weighted by atomic mass is 10.2. The number of benzene rings is 2. The maximum atomic E-state index is 12.3. The SMILES string of the molecule is Cc1cccn2cc(CC(=O)Nc3ccc(Nc4ccccc4)cc3)nc12. The van der Waals surface area contributed by atoms with Crippen molar-refractivity contribution in [2.24, 2.45) is 0 Å². The van der Waals surface area contributed by atoms with Crippen molar-refractivity contribution < 1.29 is 4.79 Å². The topological polar surface area (TPSA) is 58.4 Å². The molecule has 134 valence electrons. The summed E-state index contributed by atoms with van der Waals surface area (Å²) >= 11 is 0. The lowest BCUT2D eigenvalue weighted by Crippen LogP contribution is -2.14. The summed E-state index contributed by atoms with van der Waals surface area (Å²) in [4.78, 5) is 16.9. The molecule has 0 aliphatic heterocycles. The van der Waals surface area contributed by atoms with Crippen molar-refractivity contribution in [1.29, 1.82) is 0 Å². The lowest BCUT2D eigenvalue weighted by molar-refractivity contribution is -0.115. The van der Waals surface area contributed by atoms with Crippen molar-refractivity contribution in [2.75, 3.05) is 10.6 Å². The van der Waals surface area contributed by atoms with Gasteiger partial charge >= 0.3 is 0 Å². The van der Waals surface area contributed by atoms with E-state index >= 15 is 0 Å². The predicted octanol–water partition coefficient (Wildman–Crippen LogP) is 4.57.